The van der Waals surface area contributed by atoms with Gasteiger partial charge in [0.1, 0.15) is 0 Å². The summed E-state index contributed by atoms with van der Waals surface area (Å²) in [7, 11) is 0. The molecule has 1 aromatic rings. The molecule has 3 rings (SSSR count). The number of likely N-dealkylation sites (tertiary alicyclic amines) is 1. The number of aliphatic imine (C=N–C) groups is 1. The van der Waals surface area contributed by atoms with Gasteiger partial charge in [-0.25, -0.2) is 4.98 Å². The zero-order valence-corrected chi connectivity index (χ0v) is 16.5. The lowest BCUT2D eigenvalue weighted by atomic mass is 10.2. The van der Waals surface area contributed by atoms with Crippen LogP contribution in [0.1, 0.15) is 49.7 Å². The van der Waals surface area contributed by atoms with Gasteiger partial charge in [-0.05, 0) is 26.2 Å². The number of hydrogen-bond donors (Lipinski definition) is 2. The van der Waals surface area contributed by atoms with Crippen LogP contribution >= 0.6 is 11.3 Å². The number of hydrogen-bond acceptors (Lipinski definition) is 4. The van der Waals surface area contributed by atoms with Gasteiger partial charge in [0, 0.05) is 50.1 Å². The van der Waals surface area contributed by atoms with E-state index in [0.29, 0.717) is 24.0 Å². The first-order valence-corrected chi connectivity index (χ1v) is 10.6. The average Bonchev–Trinajstić information content (AvgIpc) is 3.35. The second-order valence-electron chi connectivity index (χ2n) is 7.20. The molecule has 152 valence electrons. The van der Waals surface area contributed by atoms with Gasteiger partial charge in [0.25, 0.3) is 0 Å². The molecule has 1 saturated heterocycles. The topological polar surface area (TPSA) is 52.6 Å². The first-order chi connectivity index (χ1) is 13.0. The predicted octanol–water partition coefficient (Wildman–Crippen LogP) is 3.28. The molecule has 1 atom stereocenters. The molecule has 9 heteroatoms. The Labute approximate surface area is 162 Å². The van der Waals surface area contributed by atoms with Crippen molar-refractivity contribution in [3.63, 3.8) is 0 Å². The van der Waals surface area contributed by atoms with E-state index in [1.54, 1.807) is 0 Å². The molecule has 1 unspecified atom stereocenters. The van der Waals surface area contributed by atoms with Crippen LogP contribution in [-0.2, 0) is 12.6 Å². The first kappa shape index (κ1) is 20.4. The average molecular weight is 404 g/mol. The van der Waals surface area contributed by atoms with E-state index in [1.165, 1.54) is 25.7 Å². The molecule has 1 aliphatic heterocycles. The Bertz CT molecular complexity index is 625. The quantitative estimate of drug-likeness (QED) is 0.565. The first-order valence-electron chi connectivity index (χ1n) is 9.76. The molecule has 0 bridgehead atoms. The monoisotopic (exact) mass is 403 g/mol. The molecular formula is C18H28F3N5S. The Morgan fingerprint density at radius 2 is 2.11 bits per heavy atom. The van der Waals surface area contributed by atoms with E-state index in [-0.39, 0.29) is 0 Å². The van der Waals surface area contributed by atoms with Crippen LogP contribution in [0.3, 0.4) is 0 Å². The largest absolute Gasteiger partial charge is 0.434 e. The molecule has 2 aliphatic rings. The van der Waals surface area contributed by atoms with Gasteiger partial charge in [-0.3, -0.25) is 9.89 Å². The summed E-state index contributed by atoms with van der Waals surface area (Å²) in [4.78, 5) is 10.8. The Hall–Kier alpha value is -1.35. The van der Waals surface area contributed by atoms with Gasteiger partial charge in [0.15, 0.2) is 11.7 Å². The molecule has 5 nitrogen and oxygen atoms in total. The molecule has 2 heterocycles. The molecule has 2 fully saturated rings. The highest BCUT2D eigenvalue weighted by Crippen LogP contribution is 2.30. The van der Waals surface area contributed by atoms with E-state index in [2.05, 4.69) is 25.5 Å². The van der Waals surface area contributed by atoms with Gasteiger partial charge < -0.3 is 10.6 Å². The summed E-state index contributed by atoms with van der Waals surface area (Å²) in [5, 5.41) is 8.26. The van der Waals surface area contributed by atoms with Gasteiger partial charge in [0.2, 0.25) is 0 Å². The third-order valence-electron chi connectivity index (χ3n) is 5.18. The summed E-state index contributed by atoms with van der Waals surface area (Å²) >= 11 is 1.04. The van der Waals surface area contributed by atoms with Crippen molar-refractivity contribution in [2.45, 2.75) is 63.7 Å². The normalized spacial score (nSPS) is 22.5. The Kier molecular flexibility index (Phi) is 6.97. The van der Waals surface area contributed by atoms with E-state index in [9.17, 15) is 13.2 Å². The number of thiazole rings is 1. The highest BCUT2D eigenvalue weighted by atomic mass is 32.1. The maximum atomic E-state index is 12.6. The van der Waals surface area contributed by atoms with Crippen molar-refractivity contribution < 1.29 is 13.2 Å². The second-order valence-corrected chi connectivity index (χ2v) is 8.14. The minimum Gasteiger partial charge on any atom is -0.357 e. The van der Waals surface area contributed by atoms with E-state index in [4.69, 9.17) is 0 Å². The van der Waals surface area contributed by atoms with Gasteiger partial charge >= 0.3 is 6.18 Å². The molecule has 0 radical (unpaired) electrons. The fourth-order valence-electron chi connectivity index (χ4n) is 3.84. The van der Waals surface area contributed by atoms with Crippen LogP contribution in [0.15, 0.2) is 10.4 Å². The van der Waals surface area contributed by atoms with Crippen LogP contribution in [0.25, 0.3) is 0 Å². The minimum atomic E-state index is -4.37. The number of halogens is 3. The van der Waals surface area contributed by atoms with Crippen molar-refractivity contribution >= 4 is 17.3 Å². The van der Waals surface area contributed by atoms with Crippen molar-refractivity contribution in [3.8, 4) is 0 Å². The van der Waals surface area contributed by atoms with E-state index in [0.717, 1.165) is 54.8 Å². The summed E-state index contributed by atoms with van der Waals surface area (Å²) in [6.45, 7) is 5.34. The fraction of sp³-hybridized carbons (Fsp3) is 0.778. The molecule has 1 saturated carbocycles. The van der Waals surface area contributed by atoms with Gasteiger partial charge in [-0.15, -0.1) is 11.3 Å². The van der Waals surface area contributed by atoms with E-state index in [1.807, 2.05) is 6.92 Å². The van der Waals surface area contributed by atoms with Crippen molar-refractivity contribution in [1.82, 2.24) is 20.5 Å². The molecule has 0 aromatic carbocycles. The highest BCUT2D eigenvalue weighted by Gasteiger charge is 2.33. The van der Waals surface area contributed by atoms with Crippen LogP contribution in [-0.4, -0.2) is 54.1 Å². The smallest absolute Gasteiger partial charge is 0.357 e. The highest BCUT2D eigenvalue weighted by molar-refractivity contribution is 7.09. The standard InChI is InChI=1S/C18H28F3N5S/c1-2-22-17(23-9-7-16-25-15(12-27-16)18(19,20)21)24-13-8-10-26(11-13)14-5-3-4-6-14/h12-14H,2-11H2,1H3,(H2,22,23,24). The summed E-state index contributed by atoms with van der Waals surface area (Å²) in [6.07, 6.45) is 2.45. The predicted molar refractivity (Wildman–Crippen MR) is 102 cm³/mol. The van der Waals surface area contributed by atoms with Gasteiger partial charge in [-0.2, -0.15) is 13.2 Å². The lowest BCUT2D eigenvalue weighted by molar-refractivity contribution is -0.140. The summed E-state index contributed by atoms with van der Waals surface area (Å²) in [5.41, 5.74) is -0.811. The van der Waals surface area contributed by atoms with Crippen molar-refractivity contribution in [2.24, 2.45) is 4.99 Å². The van der Waals surface area contributed by atoms with Gasteiger partial charge in [0.05, 0.1) is 5.01 Å². The number of aromatic nitrogens is 1. The molecule has 27 heavy (non-hydrogen) atoms. The molecule has 0 amide bonds. The summed E-state index contributed by atoms with van der Waals surface area (Å²) in [6, 6.07) is 1.11. The lowest BCUT2D eigenvalue weighted by Crippen LogP contribution is -2.45. The van der Waals surface area contributed by atoms with Crippen molar-refractivity contribution in [3.05, 3.63) is 16.1 Å². The zero-order chi connectivity index (χ0) is 19.3. The van der Waals surface area contributed by atoms with Crippen LogP contribution in [0.2, 0.25) is 0 Å². The van der Waals surface area contributed by atoms with Crippen molar-refractivity contribution in [2.75, 3.05) is 26.2 Å². The van der Waals surface area contributed by atoms with E-state index < -0.39 is 11.9 Å². The Morgan fingerprint density at radius 3 is 2.78 bits per heavy atom. The number of nitrogens with zero attached hydrogens (tertiary/aromatic N) is 3. The number of nitrogens with one attached hydrogen (secondary N) is 2. The molecular weight excluding hydrogens is 375 g/mol. The fourth-order valence-corrected chi connectivity index (χ4v) is 4.63. The number of rotatable bonds is 6. The molecule has 1 aromatic heterocycles. The van der Waals surface area contributed by atoms with Crippen molar-refractivity contribution in [1.29, 1.82) is 0 Å². The van der Waals surface area contributed by atoms with Crippen LogP contribution in [0.5, 0.6) is 0 Å². The number of guanidine groups is 1. The van der Waals surface area contributed by atoms with E-state index >= 15 is 0 Å². The minimum absolute atomic E-state index is 0.375. The maximum absolute atomic E-state index is 12.6. The molecule has 2 N–H and O–H groups in total. The maximum Gasteiger partial charge on any atom is 0.434 e. The summed E-state index contributed by atoms with van der Waals surface area (Å²) in [5.74, 6) is 0.739. The SMILES string of the molecule is CCNC(=NCCc1nc(C(F)(F)F)cs1)NC1CCN(C2CCCC2)C1. The number of alkyl halides is 3. The zero-order valence-electron chi connectivity index (χ0n) is 15.7. The Morgan fingerprint density at radius 1 is 1.33 bits per heavy atom. The van der Waals surface area contributed by atoms with Gasteiger partial charge in [-0.1, -0.05) is 12.8 Å². The summed E-state index contributed by atoms with van der Waals surface area (Å²) < 4.78 is 37.8. The lowest BCUT2D eigenvalue weighted by Gasteiger charge is -2.24. The molecule has 0 spiro atoms. The second kappa shape index (κ2) is 9.23. The Balaban J connectivity index is 1.48. The van der Waals surface area contributed by atoms with Crippen LogP contribution < -0.4 is 10.6 Å². The van der Waals surface area contributed by atoms with Crippen LogP contribution in [0.4, 0.5) is 13.2 Å². The third kappa shape index (κ3) is 5.81. The third-order valence-corrected chi connectivity index (χ3v) is 6.09. The van der Waals surface area contributed by atoms with Crippen LogP contribution in [0, 0.1) is 0 Å². The molecule has 1 aliphatic carbocycles.